The van der Waals surface area contributed by atoms with Gasteiger partial charge >= 0.3 is 0 Å². The Hall–Kier alpha value is -0.810. The first-order valence-electron chi connectivity index (χ1n) is 4.07. The molecule has 2 heteroatoms. The number of rotatable bonds is 1. The fraction of sp³-hybridized carbons (Fsp3) is 0.667. The van der Waals surface area contributed by atoms with Crippen LogP contribution >= 0.6 is 0 Å². The summed E-state index contributed by atoms with van der Waals surface area (Å²) in [5.74, 6) is 1.35. The molecular formula is C9H11NO. The summed E-state index contributed by atoms with van der Waals surface area (Å²) in [5.41, 5.74) is 0. The molecule has 1 saturated carbocycles. The van der Waals surface area contributed by atoms with E-state index < -0.39 is 6.10 Å². The highest BCUT2D eigenvalue weighted by Gasteiger charge is 2.39. The first-order chi connectivity index (χ1) is 5.31. The quantitative estimate of drug-likeness (QED) is 0.448. The molecule has 1 fully saturated rings. The normalized spacial score (nSPS) is 42.4. The Morgan fingerprint density at radius 2 is 2.27 bits per heavy atom. The summed E-state index contributed by atoms with van der Waals surface area (Å²) in [7, 11) is 0. The average molecular weight is 149 g/mol. The Balaban J connectivity index is 2.10. The van der Waals surface area contributed by atoms with E-state index in [1.54, 1.807) is 0 Å². The Morgan fingerprint density at radius 3 is 2.73 bits per heavy atom. The van der Waals surface area contributed by atoms with Crippen LogP contribution in [0.3, 0.4) is 0 Å². The Labute approximate surface area is 66.1 Å². The van der Waals surface area contributed by atoms with Crippen molar-refractivity contribution in [3.63, 3.8) is 0 Å². The zero-order valence-corrected chi connectivity index (χ0v) is 6.27. The van der Waals surface area contributed by atoms with Crippen LogP contribution in [0.5, 0.6) is 0 Å². The van der Waals surface area contributed by atoms with Crippen LogP contribution in [0.4, 0.5) is 0 Å². The third kappa shape index (κ3) is 0.965. The van der Waals surface area contributed by atoms with Gasteiger partial charge in [0.1, 0.15) is 6.10 Å². The van der Waals surface area contributed by atoms with Gasteiger partial charge in [0.2, 0.25) is 0 Å². The fourth-order valence-corrected chi connectivity index (χ4v) is 2.28. The van der Waals surface area contributed by atoms with Crippen molar-refractivity contribution < 1.29 is 5.11 Å². The van der Waals surface area contributed by atoms with Gasteiger partial charge < -0.3 is 5.11 Å². The second-order valence-electron chi connectivity index (χ2n) is 3.52. The molecule has 0 heterocycles. The van der Waals surface area contributed by atoms with E-state index >= 15 is 0 Å². The van der Waals surface area contributed by atoms with E-state index in [2.05, 4.69) is 12.2 Å². The van der Waals surface area contributed by atoms with Crippen molar-refractivity contribution in [2.75, 3.05) is 0 Å². The Kier molecular flexibility index (Phi) is 1.47. The molecule has 2 rings (SSSR count). The molecule has 0 spiro atoms. The minimum Gasteiger partial charge on any atom is -0.378 e. The highest BCUT2D eigenvalue weighted by Crippen LogP contribution is 2.44. The van der Waals surface area contributed by atoms with Crippen molar-refractivity contribution in [1.82, 2.24) is 0 Å². The lowest BCUT2D eigenvalue weighted by Gasteiger charge is -2.18. The lowest BCUT2D eigenvalue weighted by atomic mass is 9.89. The third-order valence-electron chi connectivity index (χ3n) is 2.87. The number of aliphatic hydroxyl groups is 1. The molecule has 0 saturated heterocycles. The van der Waals surface area contributed by atoms with Crippen molar-refractivity contribution in [1.29, 1.82) is 5.26 Å². The van der Waals surface area contributed by atoms with Gasteiger partial charge in [-0.25, -0.2) is 0 Å². The van der Waals surface area contributed by atoms with Gasteiger partial charge in [-0.1, -0.05) is 12.2 Å². The smallest absolute Gasteiger partial charge is 0.143 e. The number of fused-ring (bicyclic) bond motifs is 2. The Bertz CT molecular complexity index is 228. The summed E-state index contributed by atoms with van der Waals surface area (Å²) in [6.07, 6.45) is 5.79. The predicted octanol–water partition coefficient (Wildman–Crippen LogP) is 1.08. The molecule has 2 aliphatic carbocycles. The standard InChI is InChI=1S/C9H11NO/c10-5-9(11)8-4-6-1-2-7(8)3-6/h1-2,6-9,11H,3-4H2. The molecule has 2 nitrogen and oxygen atoms in total. The molecule has 58 valence electrons. The molecule has 2 bridgehead atoms. The Morgan fingerprint density at radius 1 is 1.45 bits per heavy atom. The lowest BCUT2D eigenvalue weighted by molar-refractivity contribution is 0.143. The van der Waals surface area contributed by atoms with Gasteiger partial charge in [-0.2, -0.15) is 5.26 Å². The molecule has 4 unspecified atom stereocenters. The van der Waals surface area contributed by atoms with Crippen LogP contribution in [0, 0.1) is 29.1 Å². The summed E-state index contributed by atoms with van der Waals surface area (Å²) in [4.78, 5) is 0. The molecule has 0 aliphatic heterocycles. The largest absolute Gasteiger partial charge is 0.378 e. The van der Waals surface area contributed by atoms with Gasteiger partial charge in [0.15, 0.2) is 0 Å². The van der Waals surface area contributed by atoms with Crippen LogP contribution in [-0.2, 0) is 0 Å². The van der Waals surface area contributed by atoms with Crippen molar-refractivity contribution >= 4 is 0 Å². The zero-order chi connectivity index (χ0) is 7.84. The van der Waals surface area contributed by atoms with E-state index in [1.807, 2.05) is 6.07 Å². The van der Waals surface area contributed by atoms with Gasteiger partial charge in [0, 0.05) is 5.92 Å². The van der Waals surface area contributed by atoms with Crippen molar-refractivity contribution in [3.05, 3.63) is 12.2 Å². The van der Waals surface area contributed by atoms with Crippen LogP contribution < -0.4 is 0 Å². The third-order valence-corrected chi connectivity index (χ3v) is 2.87. The highest BCUT2D eigenvalue weighted by molar-refractivity contribution is 5.13. The molecule has 4 atom stereocenters. The molecule has 0 aromatic rings. The maximum absolute atomic E-state index is 9.28. The van der Waals surface area contributed by atoms with Crippen molar-refractivity contribution in [2.45, 2.75) is 18.9 Å². The number of aliphatic hydroxyl groups excluding tert-OH is 1. The second-order valence-corrected chi connectivity index (χ2v) is 3.52. The van der Waals surface area contributed by atoms with E-state index in [-0.39, 0.29) is 5.92 Å². The van der Waals surface area contributed by atoms with E-state index in [9.17, 15) is 5.11 Å². The molecular weight excluding hydrogens is 138 g/mol. The van der Waals surface area contributed by atoms with E-state index in [0.29, 0.717) is 11.8 Å². The lowest BCUT2D eigenvalue weighted by Crippen LogP contribution is -2.22. The topological polar surface area (TPSA) is 44.0 Å². The molecule has 0 amide bonds. The van der Waals surface area contributed by atoms with E-state index in [1.165, 1.54) is 0 Å². The SMILES string of the molecule is N#CC(O)C1CC2C=CC1C2. The van der Waals surface area contributed by atoms with Gasteiger partial charge in [0.05, 0.1) is 6.07 Å². The summed E-state index contributed by atoms with van der Waals surface area (Å²) in [6, 6.07) is 1.91. The summed E-state index contributed by atoms with van der Waals surface area (Å²) < 4.78 is 0. The fourth-order valence-electron chi connectivity index (χ4n) is 2.28. The number of nitrogens with zero attached hydrogens (tertiary/aromatic N) is 1. The molecule has 2 aliphatic rings. The van der Waals surface area contributed by atoms with Gasteiger partial charge in [-0.3, -0.25) is 0 Å². The molecule has 0 aromatic heterocycles. The zero-order valence-electron chi connectivity index (χ0n) is 6.27. The molecule has 0 aromatic carbocycles. The predicted molar refractivity (Wildman–Crippen MR) is 40.5 cm³/mol. The highest BCUT2D eigenvalue weighted by atomic mass is 16.3. The second kappa shape index (κ2) is 2.35. The molecule has 1 N–H and O–H groups in total. The van der Waals surface area contributed by atoms with E-state index in [0.717, 1.165) is 12.8 Å². The van der Waals surface area contributed by atoms with Gasteiger partial charge in [-0.05, 0) is 24.7 Å². The average Bonchev–Trinajstić information content (AvgIpc) is 2.62. The molecule has 0 radical (unpaired) electrons. The number of nitriles is 1. The van der Waals surface area contributed by atoms with Crippen LogP contribution in [0.25, 0.3) is 0 Å². The van der Waals surface area contributed by atoms with Crippen LogP contribution in [0.15, 0.2) is 12.2 Å². The number of hydrogen-bond acceptors (Lipinski definition) is 2. The molecule has 11 heavy (non-hydrogen) atoms. The number of allylic oxidation sites excluding steroid dienone is 2. The summed E-state index contributed by atoms with van der Waals surface area (Å²) in [6.45, 7) is 0. The minimum absolute atomic E-state index is 0.218. The van der Waals surface area contributed by atoms with Crippen LogP contribution in [0.2, 0.25) is 0 Å². The van der Waals surface area contributed by atoms with E-state index in [4.69, 9.17) is 5.26 Å². The monoisotopic (exact) mass is 149 g/mol. The van der Waals surface area contributed by atoms with Crippen LogP contribution in [-0.4, -0.2) is 11.2 Å². The van der Waals surface area contributed by atoms with Gasteiger partial charge in [0.25, 0.3) is 0 Å². The maximum Gasteiger partial charge on any atom is 0.143 e. The van der Waals surface area contributed by atoms with Crippen molar-refractivity contribution in [3.8, 4) is 6.07 Å². The maximum atomic E-state index is 9.28. The summed E-state index contributed by atoms with van der Waals surface area (Å²) in [5, 5.41) is 17.8. The summed E-state index contributed by atoms with van der Waals surface area (Å²) >= 11 is 0. The first-order valence-corrected chi connectivity index (χ1v) is 4.07. The number of hydrogen-bond donors (Lipinski definition) is 1. The van der Waals surface area contributed by atoms with Gasteiger partial charge in [-0.15, -0.1) is 0 Å². The first kappa shape index (κ1) is 6.87. The van der Waals surface area contributed by atoms with Crippen molar-refractivity contribution in [2.24, 2.45) is 17.8 Å². The minimum atomic E-state index is -0.741. The van der Waals surface area contributed by atoms with Crippen LogP contribution in [0.1, 0.15) is 12.8 Å².